The molecule has 0 bridgehead atoms. The molecule has 0 aromatic carbocycles. The molecule has 0 aromatic heterocycles. The van der Waals surface area contributed by atoms with Crippen LogP contribution in [0.25, 0.3) is 0 Å². The van der Waals surface area contributed by atoms with E-state index < -0.39 is 12.1 Å². The van der Waals surface area contributed by atoms with Crippen molar-refractivity contribution in [1.29, 1.82) is 0 Å². The molecule has 0 spiro atoms. The van der Waals surface area contributed by atoms with Crippen molar-refractivity contribution < 1.29 is 19.1 Å². The van der Waals surface area contributed by atoms with Gasteiger partial charge in [0.25, 0.3) is 0 Å². The quantitative estimate of drug-likeness (QED) is 0.294. The minimum Gasteiger partial charge on any atom is -0.437 e. The zero-order valence-electron chi connectivity index (χ0n) is 4.92. The Morgan fingerprint density at radius 1 is 1.56 bits per heavy atom. The van der Waals surface area contributed by atoms with Gasteiger partial charge in [0.2, 0.25) is 0 Å². The van der Waals surface area contributed by atoms with E-state index in [2.05, 4.69) is 16.1 Å². The fraction of sp³-hybridized carbons (Fsp3) is 0.200. The van der Waals surface area contributed by atoms with E-state index >= 15 is 0 Å². The van der Waals surface area contributed by atoms with E-state index in [0.717, 1.165) is 13.2 Å². The molecule has 0 heterocycles. The van der Waals surface area contributed by atoms with Gasteiger partial charge < -0.3 is 9.47 Å². The second-order valence-electron chi connectivity index (χ2n) is 1.08. The van der Waals surface area contributed by atoms with Crippen molar-refractivity contribution in [3.05, 3.63) is 12.7 Å². The van der Waals surface area contributed by atoms with Crippen LogP contribution in [0, 0.1) is 0 Å². The molecule has 0 radical (unpaired) electrons. The van der Waals surface area contributed by atoms with E-state index in [1.54, 1.807) is 0 Å². The van der Waals surface area contributed by atoms with Gasteiger partial charge in [0.1, 0.15) is 0 Å². The Balaban J connectivity index is 3.59. The fourth-order valence-corrected chi connectivity index (χ4v) is 0.165. The lowest BCUT2D eigenvalue weighted by atomic mass is 10.7. The van der Waals surface area contributed by atoms with Crippen LogP contribution in [0.5, 0.6) is 0 Å². The first-order valence-electron chi connectivity index (χ1n) is 2.13. The van der Waals surface area contributed by atoms with Crippen LogP contribution in [-0.2, 0) is 14.3 Å². The Hall–Kier alpha value is -1.32. The summed E-state index contributed by atoms with van der Waals surface area (Å²) in [5.74, 6) is -0.818. The van der Waals surface area contributed by atoms with E-state index in [1.165, 1.54) is 0 Å². The second-order valence-corrected chi connectivity index (χ2v) is 1.08. The third-order valence-corrected chi connectivity index (χ3v) is 0.517. The van der Waals surface area contributed by atoms with E-state index in [-0.39, 0.29) is 0 Å². The lowest BCUT2D eigenvalue weighted by Gasteiger charge is -1.93. The largest absolute Gasteiger partial charge is 0.516 e. The molecule has 0 rings (SSSR count). The molecule has 50 valence electrons. The van der Waals surface area contributed by atoms with Crippen molar-refractivity contribution in [1.82, 2.24) is 0 Å². The van der Waals surface area contributed by atoms with Gasteiger partial charge in [0, 0.05) is 6.08 Å². The van der Waals surface area contributed by atoms with Gasteiger partial charge in [0.05, 0.1) is 7.11 Å². The highest BCUT2D eigenvalue weighted by molar-refractivity contribution is 5.89. The fourth-order valence-electron chi connectivity index (χ4n) is 0.165. The van der Waals surface area contributed by atoms with Gasteiger partial charge in [0.15, 0.2) is 0 Å². The molecule has 0 aliphatic heterocycles. The number of carbonyl (C=O) groups excluding carboxylic acids is 2. The molecule has 0 aliphatic carbocycles. The molecule has 0 saturated heterocycles. The smallest absolute Gasteiger partial charge is 0.437 e. The Labute approximate surface area is 52.1 Å². The molecular weight excluding hydrogens is 124 g/mol. The summed E-state index contributed by atoms with van der Waals surface area (Å²) in [6, 6.07) is 0. The predicted molar refractivity (Wildman–Crippen MR) is 28.7 cm³/mol. The Kier molecular flexibility index (Phi) is 3.12. The van der Waals surface area contributed by atoms with Crippen LogP contribution < -0.4 is 0 Å². The van der Waals surface area contributed by atoms with Crippen molar-refractivity contribution in [3.8, 4) is 0 Å². The number of rotatable bonds is 1. The highest BCUT2D eigenvalue weighted by Gasteiger charge is 2.03. The van der Waals surface area contributed by atoms with E-state index in [4.69, 9.17) is 0 Å². The van der Waals surface area contributed by atoms with Crippen molar-refractivity contribution in [2.75, 3.05) is 7.11 Å². The Morgan fingerprint density at radius 3 is 2.44 bits per heavy atom. The standard InChI is InChI=1S/C5H6O4/c1-3-4(6)9-5(7)8-2/h3H,1H2,2H3. The predicted octanol–water partition coefficient (Wildman–Crippen LogP) is 0.482. The molecule has 0 saturated carbocycles. The third-order valence-electron chi connectivity index (χ3n) is 0.517. The summed E-state index contributed by atoms with van der Waals surface area (Å²) >= 11 is 0. The lowest BCUT2D eigenvalue weighted by molar-refractivity contribution is -0.133. The van der Waals surface area contributed by atoms with Gasteiger partial charge in [-0.2, -0.15) is 0 Å². The maximum Gasteiger partial charge on any atom is 0.516 e. The van der Waals surface area contributed by atoms with Crippen LogP contribution >= 0.6 is 0 Å². The zero-order chi connectivity index (χ0) is 7.28. The molecule has 4 heteroatoms. The van der Waals surface area contributed by atoms with Gasteiger partial charge >= 0.3 is 12.1 Å². The maximum atomic E-state index is 10.1. The van der Waals surface area contributed by atoms with E-state index in [9.17, 15) is 9.59 Å². The minimum atomic E-state index is -1.03. The first-order valence-corrected chi connectivity index (χ1v) is 2.13. The Bertz CT molecular complexity index is 138. The average Bonchev–Trinajstić information content (AvgIpc) is 1.87. The maximum absolute atomic E-state index is 10.1. The van der Waals surface area contributed by atoms with Gasteiger partial charge in [-0.05, 0) is 0 Å². The molecular formula is C5H6O4. The zero-order valence-corrected chi connectivity index (χ0v) is 4.92. The number of hydrogen-bond acceptors (Lipinski definition) is 4. The van der Waals surface area contributed by atoms with Crippen LogP contribution in [0.15, 0.2) is 12.7 Å². The summed E-state index contributed by atoms with van der Waals surface area (Å²) in [5.41, 5.74) is 0. The molecule has 0 fully saturated rings. The summed E-state index contributed by atoms with van der Waals surface area (Å²) < 4.78 is 7.92. The van der Waals surface area contributed by atoms with Crippen LogP contribution in [0.1, 0.15) is 0 Å². The molecule has 4 nitrogen and oxygen atoms in total. The van der Waals surface area contributed by atoms with Crippen LogP contribution in [-0.4, -0.2) is 19.2 Å². The minimum absolute atomic E-state index is 0.818. The SMILES string of the molecule is C=CC(=O)OC(=O)OC. The van der Waals surface area contributed by atoms with Gasteiger partial charge in [-0.15, -0.1) is 0 Å². The normalized spacial score (nSPS) is 7.67. The van der Waals surface area contributed by atoms with Crippen LogP contribution in [0.4, 0.5) is 4.79 Å². The van der Waals surface area contributed by atoms with Gasteiger partial charge in [-0.25, -0.2) is 9.59 Å². The molecule has 0 atom stereocenters. The van der Waals surface area contributed by atoms with Crippen molar-refractivity contribution in [3.63, 3.8) is 0 Å². The molecule has 0 N–H and O–H groups in total. The molecule has 0 amide bonds. The van der Waals surface area contributed by atoms with Gasteiger partial charge in [-0.1, -0.05) is 6.58 Å². The molecule has 9 heavy (non-hydrogen) atoms. The third kappa shape index (κ3) is 3.28. The summed E-state index contributed by atoms with van der Waals surface area (Å²) in [7, 11) is 1.11. The second kappa shape index (κ2) is 3.65. The first kappa shape index (κ1) is 7.68. The summed E-state index contributed by atoms with van der Waals surface area (Å²) in [4.78, 5) is 20.2. The average molecular weight is 130 g/mol. The van der Waals surface area contributed by atoms with E-state index in [1.807, 2.05) is 0 Å². The number of hydrogen-bond donors (Lipinski definition) is 0. The number of esters is 1. The number of ether oxygens (including phenoxy) is 2. The topological polar surface area (TPSA) is 52.6 Å². The van der Waals surface area contributed by atoms with Crippen molar-refractivity contribution in [2.24, 2.45) is 0 Å². The van der Waals surface area contributed by atoms with E-state index in [0.29, 0.717) is 0 Å². The summed E-state index contributed by atoms with van der Waals surface area (Å²) in [6.07, 6.45) is -0.156. The summed E-state index contributed by atoms with van der Waals surface area (Å²) in [6.45, 7) is 3.07. The highest BCUT2D eigenvalue weighted by atomic mass is 16.7. The number of methoxy groups -OCH3 is 1. The molecule has 0 aliphatic rings. The lowest BCUT2D eigenvalue weighted by Crippen LogP contribution is -2.08. The highest BCUT2D eigenvalue weighted by Crippen LogP contribution is 1.83. The Morgan fingerprint density at radius 2 is 2.11 bits per heavy atom. The molecule has 0 unspecified atom stereocenters. The number of carbonyl (C=O) groups is 2. The monoisotopic (exact) mass is 130 g/mol. The van der Waals surface area contributed by atoms with Crippen LogP contribution in [0.3, 0.4) is 0 Å². The van der Waals surface area contributed by atoms with Crippen molar-refractivity contribution in [2.45, 2.75) is 0 Å². The van der Waals surface area contributed by atoms with Crippen LogP contribution in [0.2, 0.25) is 0 Å². The van der Waals surface area contributed by atoms with Crippen molar-refractivity contribution >= 4 is 12.1 Å². The van der Waals surface area contributed by atoms with Gasteiger partial charge in [-0.3, -0.25) is 0 Å². The first-order chi connectivity index (χ1) is 4.20. The molecule has 0 aromatic rings. The summed E-state index contributed by atoms with van der Waals surface area (Å²) in [5, 5.41) is 0.